The Morgan fingerprint density at radius 2 is 0.750 bits per heavy atom. The van der Waals surface area contributed by atoms with Crippen molar-refractivity contribution in [3.63, 3.8) is 0 Å². The first-order valence-corrected chi connectivity index (χ1v) is 14.0. The number of aromatic nitrogens is 1. The number of alkyl halides is 12. The molecule has 0 saturated carbocycles. The van der Waals surface area contributed by atoms with Crippen LogP contribution in [0.4, 0.5) is 52.7 Å². The first kappa shape index (κ1) is 33.0. The fraction of sp³-hybridized carbons (Fsp3) is 0.143. The van der Waals surface area contributed by atoms with Crippen LogP contribution in [-0.2, 0) is 24.7 Å². The molecule has 5 aromatic carbocycles. The zero-order valence-corrected chi connectivity index (χ0v) is 24.2. The van der Waals surface area contributed by atoms with Crippen molar-refractivity contribution in [3.8, 4) is 27.9 Å². The molecule has 0 N–H and O–H groups in total. The molecule has 0 aliphatic carbocycles. The number of aryl methyl sites for hydroxylation is 1. The van der Waals surface area contributed by atoms with Gasteiger partial charge in [0.05, 0.1) is 33.3 Å². The molecule has 0 spiro atoms. The van der Waals surface area contributed by atoms with E-state index < -0.39 is 58.1 Å². The van der Waals surface area contributed by atoms with Crippen LogP contribution in [0.3, 0.4) is 0 Å². The van der Waals surface area contributed by atoms with Crippen molar-refractivity contribution in [1.82, 2.24) is 4.57 Å². The number of hydrogen-bond donors (Lipinski definition) is 0. The smallest absolute Gasteiger partial charge is 0.309 e. The van der Waals surface area contributed by atoms with E-state index >= 15 is 0 Å². The van der Waals surface area contributed by atoms with Crippen LogP contribution in [0.2, 0.25) is 0 Å². The first-order valence-electron chi connectivity index (χ1n) is 14.0. The minimum Gasteiger partial charge on any atom is -0.309 e. The zero-order chi connectivity index (χ0) is 35.0. The molecule has 0 amide bonds. The summed E-state index contributed by atoms with van der Waals surface area (Å²) in [5, 5.41) is 0.559. The van der Waals surface area contributed by atoms with Crippen molar-refractivity contribution in [1.29, 1.82) is 0 Å². The third-order valence-corrected chi connectivity index (χ3v) is 7.96. The molecule has 0 radical (unpaired) electrons. The van der Waals surface area contributed by atoms with Crippen LogP contribution in [0.25, 0.3) is 49.7 Å². The van der Waals surface area contributed by atoms with Crippen molar-refractivity contribution in [3.05, 3.63) is 125 Å². The van der Waals surface area contributed by atoms with Gasteiger partial charge in [-0.1, -0.05) is 30.3 Å². The van der Waals surface area contributed by atoms with Crippen LogP contribution >= 0.6 is 0 Å². The van der Waals surface area contributed by atoms with Gasteiger partial charge in [-0.2, -0.15) is 52.7 Å². The van der Waals surface area contributed by atoms with Crippen molar-refractivity contribution in [2.75, 3.05) is 0 Å². The van der Waals surface area contributed by atoms with E-state index in [9.17, 15) is 52.7 Å². The zero-order valence-electron chi connectivity index (χ0n) is 24.2. The fourth-order valence-corrected chi connectivity index (χ4v) is 5.70. The van der Waals surface area contributed by atoms with E-state index in [4.69, 9.17) is 0 Å². The van der Waals surface area contributed by atoms with E-state index in [1.54, 1.807) is 35.8 Å². The van der Waals surface area contributed by atoms with E-state index in [0.29, 0.717) is 41.0 Å². The number of benzene rings is 5. The molecular weight excluding hydrogens is 662 g/mol. The predicted octanol–water partition coefficient (Wildman–Crippen LogP) is 12.5. The fourth-order valence-electron chi connectivity index (χ4n) is 5.70. The van der Waals surface area contributed by atoms with Gasteiger partial charge in [-0.25, -0.2) is 0 Å². The SMILES string of the molecule is Cc1ccccc1-n1c2ccc(-c3cc(C(F)(F)F)cc(C(F)(F)F)c3)cc2c2cc(-c3cc(C(F)(F)F)cc(C(F)(F)F)c3)ccc21. The molecule has 0 aliphatic heterocycles. The van der Waals surface area contributed by atoms with E-state index in [1.807, 2.05) is 0 Å². The highest BCUT2D eigenvalue weighted by atomic mass is 19.4. The Hall–Kier alpha value is -4.94. The third kappa shape index (κ3) is 6.09. The molecule has 0 atom stereocenters. The van der Waals surface area contributed by atoms with Crippen molar-refractivity contribution < 1.29 is 52.7 Å². The summed E-state index contributed by atoms with van der Waals surface area (Å²) in [5.74, 6) is 0. The van der Waals surface area contributed by atoms with E-state index in [1.165, 1.54) is 36.4 Å². The lowest BCUT2D eigenvalue weighted by Crippen LogP contribution is -2.11. The molecule has 6 aromatic rings. The highest BCUT2D eigenvalue weighted by Crippen LogP contribution is 2.43. The van der Waals surface area contributed by atoms with E-state index in [0.717, 1.165) is 5.56 Å². The maximum atomic E-state index is 13.6. The summed E-state index contributed by atoms with van der Waals surface area (Å²) in [4.78, 5) is 0. The molecule has 0 aliphatic rings. The Kier molecular flexibility index (Phi) is 7.60. The summed E-state index contributed by atoms with van der Waals surface area (Å²) in [6.07, 6.45) is -20.4. The average molecular weight is 682 g/mol. The molecule has 0 fully saturated rings. The highest BCUT2D eigenvalue weighted by Gasteiger charge is 2.38. The van der Waals surface area contributed by atoms with Gasteiger partial charge >= 0.3 is 24.7 Å². The number of fused-ring (bicyclic) bond motifs is 3. The normalized spacial score (nSPS) is 13.1. The first-order chi connectivity index (χ1) is 22.2. The second-order valence-electron chi connectivity index (χ2n) is 11.2. The molecule has 48 heavy (non-hydrogen) atoms. The minimum atomic E-state index is -5.10. The number of hydrogen-bond acceptors (Lipinski definition) is 0. The van der Waals surface area contributed by atoms with Crippen LogP contribution in [0.5, 0.6) is 0 Å². The quantitative estimate of drug-likeness (QED) is 0.164. The average Bonchev–Trinajstić information content (AvgIpc) is 3.32. The van der Waals surface area contributed by atoms with Crippen molar-refractivity contribution >= 4 is 21.8 Å². The van der Waals surface area contributed by atoms with Crippen molar-refractivity contribution in [2.45, 2.75) is 31.6 Å². The monoisotopic (exact) mass is 681 g/mol. The second-order valence-corrected chi connectivity index (χ2v) is 11.2. The van der Waals surface area contributed by atoms with Gasteiger partial charge in [0, 0.05) is 16.5 Å². The second kappa shape index (κ2) is 11.1. The summed E-state index contributed by atoms with van der Waals surface area (Å²) >= 11 is 0. The standard InChI is InChI=1S/C35H19F12N/c1-18-4-2-3-5-29(18)48-30-8-6-19(21-10-23(32(36,37)38)16-24(11-21)33(39,40)41)14-27(30)28-15-20(7-9-31(28)48)22-12-25(34(42,43)44)17-26(13-22)35(45,46)47/h2-17H,1H3. The Morgan fingerprint density at radius 1 is 0.396 bits per heavy atom. The van der Waals surface area contributed by atoms with Crippen LogP contribution in [0.15, 0.2) is 97.1 Å². The molecule has 1 nitrogen and oxygen atoms in total. The molecule has 1 heterocycles. The maximum absolute atomic E-state index is 13.6. The summed E-state index contributed by atoms with van der Waals surface area (Å²) in [7, 11) is 0. The van der Waals surface area contributed by atoms with Gasteiger partial charge in [0.25, 0.3) is 0 Å². The number of rotatable bonds is 3. The molecule has 0 unspecified atom stereocenters. The van der Waals surface area contributed by atoms with Crippen LogP contribution in [0.1, 0.15) is 27.8 Å². The van der Waals surface area contributed by atoms with Gasteiger partial charge in [0.1, 0.15) is 0 Å². The van der Waals surface area contributed by atoms with Crippen LogP contribution in [0, 0.1) is 6.92 Å². The number of nitrogens with zero attached hydrogens (tertiary/aromatic N) is 1. The minimum absolute atomic E-state index is 0.00261. The highest BCUT2D eigenvalue weighted by molar-refractivity contribution is 6.11. The molecule has 6 rings (SSSR count). The Labute approximate surface area is 263 Å². The number of para-hydroxylation sites is 1. The van der Waals surface area contributed by atoms with E-state index in [-0.39, 0.29) is 34.0 Å². The molecule has 248 valence electrons. The van der Waals surface area contributed by atoms with Gasteiger partial charge in [-0.05, 0) is 101 Å². The summed E-state index contributed by atoms with van der Waals surface area (Å²) < 4.78 is 165. The molecule has 1 aromatic heterocycles. The molecule has 0 bridgehead atoms. The lowest BCUT2D eigenvalue weighted by Gasteiger charge is -2.15. The Bertz CT molecular complexity index is 2000. The molecular formula is C35H19F12N. The van der Waals surface area contributed by atoms with Crippen LogP contribution in [-0.4, -0.2) is 4.57 Å². The molecule has 13 heteroatoms. The van der Waals surface area contributed by atoms with E-state index in [2.05, 4.69) is 0 Å². The van der Waals surface area contributed by atoms with Crippen molar-refractivity contribution in [2.24, 2.45) is 0 Å². The third-order valence-electron chi connectivity index (χ3n) is 7.96. The van der Waals surface area contributed by atoms with Gasteiger partial charge < -0.3 is 4.57 Å². The Morgan fingerprint density at radius 3 is 1.08 bits per heavy atom. The van der Waals surface area contributed by atoms with Gasteiger partial charge in [-0.3, -0.25) is 0 Å². The summed E-state index contributed by atoms with van der Waals surface area (Å²) in [6, 6.07) is 17.7. The lowest BCUT2D eigenvalue weighted by molar-refractivity contribution is -0.144. The largest absolute Gasteiger partial charge is 0.416 e. The maximum Gasteiger partial charge on any atom is 0.416 e. The number of halogens is 12. The molecule has 0 saturated heterocycles. The van der Waals surface area contributed by atoms with Crippen LogP contribution < -0.4 is 0 Å². The topological polar surface area (TPSA) is 4.93 Å². The Balaban J connectivity index is 1.66. The predicted molar refractivity (Wildman–Crippen MR) is 156 cm³/mol. The lowest BCUT2D eigenvalue weighted by atomic mass is 9.96. The summed E-state index contributed by atoms with van der Waals surface area (Å²) in [5.41, 5.74) is -4.71. The van der Waals surface area contributed by atoms with Gasteiger partial charge in [0.2, 0.25) is 0 Å². The van der Waals surface area contributed by atoms with Gasteiger partial charge in [0.15, 0.2) is 0 Å². The summed E-state index contributed by atoms with van der Waals surface area (Å²) in [6.45, 7) is 1.79. The van der Waals surface area contributed by atoms with Gasteiger partial charge in [-0.15, -0.1) is 0 Å².